The summed E-state index contributed by atoms with van der Waals surface area (Å²) in [5.41, 5.74) is 12.0. The van der Waals surface area contributed by atoms with Crippen molar-refractivity contribution in [3.05, 3.63) is 45.9 Å². The molecule has 0 unspecified atom stereocenters. The molecular formula is C21H20BrN3O3. The number of hydrogen-bond acceptors (Lipinski definition) is 6. The molecule has 0 aliphatic heterocycles. The van der Waals surface area contributed by atoms with Gasteiger partial charge >= 0.3 is 0 Å². The standard InChI is InChI=1S/C21H20BrN3O3/c1-26-16-8-12(9-17(27-2)20(16)28-3)18-14-7-5-11-4-6-13(22)10-15(11)19(14)25-21(23)24-18/h4,6,8-10H,5,7H2,1-3H3,(H2,23,24,25). The lowest BCUT2D eigenvalue weighted by atomic mass is 9.87. The van der Waals surface area contributed by atoms with E-state index in [-0.39, 0.29) is 5.95 Å². The van der Waals surface area contributed by atoms with E-state index in [1.54, 1.807) is 21.3 Å². The molecule has 0 saturated heterocycles. The van der Waals surface area contributed by atoms with Crippen molar-refractivity contribution >= 4 is 21.9 Å². The molecule has 0 bridgehead atoms. The summed E-state index contributed by atoms with van der Waals surface area (Å²) in [4.78, 5) is 9.12. The minimum Gasteiger partial charge on any atom is -0.493 e. The Morgan fingerprint density at radius 2 is 1.57 bits per heavy atom. The number of aromatic nitrogens is 2. The number of methoxy groups -OCH3 is 3. The SMILES string of the molecule is COc1cc(-c2nc(N)nc3c2CCc2ccc(Br)cc2-3)cc(OC)c1OC. The molecular weight excluding hydrogens is 422 g/mol. The fourth-order valence-electron chi connectivity index (χ4n) is 3.66. The van der Waals surface area contributed by atoms with Gasteiger partial charge in [-0.15, -0.1) is 0 Å². The minimum absolute atomic E-state index is 0.232. The largest absolute Gasteiger partial charge is 0.493 e. The Hall–Kier alpha value is -2.80. The number of benzene rings is 2. The summed E-state index contributed by atoms with van der Waals surface area (Å²) in [6, 6.07) is 10.0. The Morgan fingerprint density at radius 3 is 2.21 bits per heavy atom. The molecule has 2 aromatic carbocycles. The zero-order chi connectivity index (χ0) is 19.8. The lowest BCUT2D eigenvalue weighted by Crippen LogP contribution is -2.11. The summed E-state index contributed by atoms with van der Waals surface area (Å²) in [5, 5.41) is 0. The van der Waals surface area contributed by atoms with Crippen molar-refractivity contribution in [1.82, 2.24) is 9.97 Å². The van der Waals surface area contributed by atoms with Crippen LogP contribution in [0.1, 0.15) is 11.1 Å². The lowest BCUT2D eigenvalue weighted by molar-refractivity contribution is 0.324. The van der Waals surface area contributed by atoms with Gasteiger partial charge in [-0.2, -0.15) is 0 Å². The first-order valence-electron chi connectivity index (χ1n) is 8.81. The van der Waals surface area contributed by atoms with Gasteiger partial charge in [-0.05, 0) is 42.7 Å². The molecule has 0 amide bonds. The van der Waals surface area contributed by atoms with Crippen molar-refractivity contribution in [1.29, 1.82) is 0 Å². The average molecular weight is 442 g/mol. The second kappa shape index (κ2) is 7.31. The molecule has 6 nitrogen and oxygen atoms in total. The number of rotatable bonds is 4. The lowest BCUT2D eigenvalue weighted by Gasteiger charge is -2.22. The average Bonchev–Trinajstić information content (AvgIpc) is 2.71. The normalized spacial score (nSPS) is 12.1. The quantitative estimate of drug-likeness (QED) is 0.650. The van der Waals surface area contributed by atoms with E-state index in [0.29, 0.717) is 17.2 Å². The molecule has 28 heavy (non-hydrogen) atoms. The van der Waals surface area contributed by atoms with Gasteiger partial charge in [0.15, 0.2) is 11.5 Å². The first kappa shape index (κ1) is 18.6. The number of nitrogen functional groups attached to an aromatic ring is 1. The molecule has 1 aliphatic carbocycles. The first-order valence-corrected chi connectivity index (χ1v) is 9.60. The number of anilines is 1. The van der Waals surface area contributed by atoms with Crippen LogP contribution in [0.5, 0.6) is 17.2 Å². The van der Waals surface area contributed by atoms with Gasteiger partial charge in [0.1, 0.15) is 0 Å². The molecule has 0 saturated carbocycles. The number of aryl methyl sites for hydroxylation is 1. The van der Waals surface area contributed by atoms with E-state index in [1.165, 1.54) is 5.56 Å². The summed E-state index contributed by atoms with van der Waals surface area (Å²) < 4.78 is 17.4. The first-order chi connectivity index (χ1) is 13.5. The van der Waals surface area contributed by atoms with Crippen molar-refractivity contribution in [2.45, 2.75) is 12.8 Å². The number of halogens is 1. The third kappa shape index (κ3) is 3.05. The summed E-state index contributed by atoms with van der Waals surface area (Å²) in [5.74, 6) is 1.91. The minimum atomic E-state index is 0.232. The van der Waals surface area contributed by atoms with Gasteiger partial charge in [-0.3, -0.25) is 0 Å². The van der Waals surface area contributed by atoms with Crippen LogP contribution in [0.15, 0.2) is 34.8 Å². The monoisotopic (exact) mass is 441 g/mol. The zero-order valence-electron chi connectivity index (χ0n) is 15.9. The van der Waals surface area contributed by atoms with E-state index in [1.807, 2.05) is 12.1 Å². The van der Waals surface area contributed by atoms with E-state index < -0.39 is 0 Å². The van der Waals surface area contributed by atoms with E-state index in [0.717, 1.165) is 45.4 Å². The second-order valence-electron chi connectivity index (χ2n) is 6.47. The van der Waals surface area contributed by atoms with Crippen LogP contribution in [0.25, 0.3) is 22.5 Å². The fraction of sp³-hybridized carbons (Fsp3) is 0.238. The van der Waals surface area contributed by atoms with Crippen molar-refractivity contribution < 1.29 is 14.2 Å². The Morgan fingerprint density at radius 1 is 0.893 bits per heavy atom. The fourth-order valence-corrected chi connectivity index (χ4v) is 4.03. The van der Waals surface area contributed by atoms with Gasteiger partial charge in [-0.1, -0.05) is 22.0 Å². The Labute approximate surface area is 171 Å². The van der Waals surface area contributed by atoms with Gasteiger partial charge in [0, 0.05) is 21.2 Å². The highest BCUT2D eigenvalue weighted by Crippen LogP contribution is 2.44. The number of ether oxygens (including phenoxy) is 3. The smallest absolute Gasteiger partial charge is 0.221 e. The molecule has 4 rings (SSSR count). The van der Waals surface area contributed by atoms with Crippen molar-refractivity contribution in [2.24, 2.45) is 0 Å². The van der Waals surface area contributed by atoms with Crippen LogP contribution in [0.2, 0.25) is 0 Å². The molecule has 1 heterocycles. The highest BCUT2D eigenvalue weighted by atomic mass is 79.9. The molecule has 1 aliphatic rings. The number of nitrogens with two attached hydrogens (primary N) is 1. The van der Waals surface area contributed by atoms with Gasteiger partial charge < -0.3 is 19.9 Å². The zero-order valence-corrected chi connectivity index (χ0v) is 17.5. The maximum absolute atomic E-state index is 6.09. The van der Waals surface area contributed by atoms with Gasteiger partial charge in [0.2, 0.25) is 11.7 Å². The van der Waals surface area contributed by atoms with Crippen LogP contribution in [0.3, 0.4) is 0 Å². The third-order valence-electron chi connectivity index (χ3n) is 4.93. The second-order valence-corrected chi connectivity index (χ2v) is 7.39. The maximum atomic E-state index is 6.09. The van der Waals surface area contributed by atoms with Gasteiger partial charge in [0.05, 0.1) is 32.7 Å². The summed E-state index contributed by atoms with van der Waals surface area (Å²) in [6.45, 7) is 0. The van der Waals surface area contributed by atoms with Crippen molar-refractivity contribution in [3.63, 3.8) is 0 Å². The summed E-state index contributed by atoms with van der Waals surface area (Å²) in [7, 11) is 4.77. The molecule has 0 fully saturated rings. The molecule has 144 valence electrons. The van der Waals surface area contributed by atoms with E-state index in [2.05, 4.69) is 44.1 Å². The molecule has 2 N–H and O–H groups in total. The van der Waals surface area contributed by atoms with Crippen molar-refractivity contribution in [2.75, 3.05) is 27.1 Å². The third-order valence-corrected chi connectivity index (χ3v) is 5.43. The number of hydrogen-bond donors (Lipinski definition) is 1. The summed E-state index contributed by atoms with van der Waals surface area (Å²) in [6.07, 6.45) is 1.75. The molecule has 0 radical (unpaired) electrons. The van der Waals surface area contributed by atoms with Crippen LogP contribution in [0.4, 0.5) is 5.95 Å². The van der Waals surface area contributed by atoms with E-state index >= 15 is 0 Å². The van der Waals surface area contributed by atoms with Crippen molar-refractivity contribution in [3.8, 4) is 39.8 Å². The Balaban J connectivity index is 1.96. The van der Waals surface area contributed by atoms with Gasteiger partial charge in [-0.25, -0.2) is 9.97 Å². The Kier molecular flexibility index (Phi) is 4.85. The maximum Gasteiger partial charge on any atom is 0.221 e. The van der Waals surface area contributed by atoms with E-state index in [9.17, 15) is 0 Å². The predicted molar refractivity (Wildman–Crippen MR) is 112 cm³/mol. The molecule has 0 spiro atoms. The topological polar surface area (TPSA) is 79.5 Å². The van der Waals surface area contributed by atoms with E-state index in [4.69, 9.17) is 19.9 Å². The van der Waals surface area contributed by atoms with Crippen LogP contribution in [-0.4, -0.2) is 31.3 Å². The highest BCUT2D eigenvalue weighted by molar-refractivity contribution is 9.10. The number of nitrogens with zero attached hydrogens (tertiary/aromatic N) is 2. The molecule has 1 aromatic heterocycles. The predicted octanol–water partition coefficient (Wildman–Crippen LogP) is 4.28. The Bertz CT molecular complexity index is 1040. The van der Waals surface area contributed by atoms with Crippen LogP contribution in [-0.2, 0) is 12.8 Å². The highest BCUT2D eigenvalue weighted by Gasteiger charge is 2.24. The van der Waals surface area contributed by atoms with Crippen LogP contribution >= 0.6 is 15.9 Å². The molecule has 0 atom stereocenters. The summed E-state index contributed by atoms with van der Waals surface area (Å²) >= 11 is 3.56. The number of fused-ring (bicyclic) bond motifs is 3. The molecule has 3 aromatic rings. The van der Waals surface area contributed by atoms with Crippen LogP contribution < -0.4 is 19.9 Å². The molecule has 7 heteroatoms. The van der Waals surface area contributed by atoms with Crippen LogP contribution in [0, 0.1) is 0 Å². The van der Waals surface area contributed by atoms with Gasteiger partial charge in [0.25, 0.3) is 0 Å².